The molecule has 0 radical (unpaired) electrons. The summed E-state index contributed by atoms with van der Waals surface area (Å²) in [6, 6.07) is 12.7. The van der Waals surface area contributed by atoms with E-state index < -0.39 is 0 Å². The Morgan fingerprint density at radius 1 is 1.16 bits per heavy atom. The van der Waals surface area contributed by atoms with Crippen LogP contribution < -0.4 is 11.2 Å². The van der Waals surface area contributed by atoms with Gasteiger partial charge in [-0.05, 0) is 24.3 Å². The lowest BCUT2D eigenvalue weighted by Crippen LogP contribution is -2.09. The highest BCUT2D eigenvalue weighted by atomic mass is 16.1. The number of nitrogens with two attached hydrogens (primary N) is 1. The van der Waals surface area contributed by atoms with Crippen molar-refractivity contribution in [1.82, 2.24) is 9.55 Å². The number of para-hydroxylation sites is 1. The van der Waals surface area contributed by atoms with E-state index in [0.29, 0.717) is 17.6 Å². The number of benzene rings is 1. The number of aromatic nitrogens is 2. The average molecular weight is 251 g/mol. The smallest absolute Gasteiger partial charge is 0.189 e. The Morgan fingerprint density at radius 2 is 2.00 bits per heavy atom. The summed E-state index contributed by atoms with van der Waals surface area (Å²) >= 11 is 0. The molecule has 0 bridgehead atoms. The van der Waals surface area contributed by atoms with Crippen LogP contribution in [0.5, 0.6) is 0 Å². The first-order valence-electron chi connectivity index (χ1n) is 6.02. The maximum absolute atomic E-state index is 11.8. The zero-order chi connectivity index (χ0) is 13.2. The fraction of sp³-hybridized carbons (Fsp3) is 0.0667. The topological polar surface area (TPSA) is 60.9 Å². The van der Waals surface area contributed by atoms with Crippen LogP contribution in [0.3, 0.4) is 0 Å². The molecule has 0 fully saturated rings. The van der Waals surface area contributed by atoms with E-state index in [1.807, 2.05) is 34.9 Å². The summed E-state index contributed by atoms with van der Waals surface area (Å²) < 4.78 is 2.00. The van der Waals surface area contributed by atoms with Crippen molar-refractivity contribution >= 4 is 16.6 Å². The fourth-order valence-electron chi connectivity index (χ4n) is 2.16. The zero-order valence-corrected chi connectivity index (χ0v) is 10.3. The Morgan fingerprint density at radius 3 is 2.84 bits per heavy atom. The van der Waals surface area contributed by atoms with Gasteiger partial charge in [-0.15, -0.1) is 0 Å². The standard InChI is InChI=1S/C15H13N3O/c16-11-5-7-17-12(9-11)10-18-8-6-15(19)13-3-1-2-4-14(13)18/h1-9H,10H2,(H2,16,17). The number of hydrogen-bond donors (Lipinski definition) is 1. The molecule has 0 aliphatic carbocycles. The summed E-state index contributed by atoms with van der Waals surface area (Å²) in [5.41, 5.74) is 8.25. The van der Waals surface area contributed by atoms with Crippen molar-refractivity contribution < 1.29 is 0 Å². The van der Waals surface area contributed by atoms with E-state index >= 15 is 0 Å². The summed E-state index contributed by atoms with van der Waals surface area (Å²) in [5.74, 6) is 0. The van der Waals surface area contributed by atoms with Crippen LogP contribution in [0.2, 0.25) is 0 Å². The van der Waals surface area contributed by atoms with E-state index in [4.69, 9.17) is 5.73 Å². The molecule has 4 heteroatoms. The monoisotopic (exact) mass is 251 g/mol. The van der Waals surface area contributed by atoms with Crippen LogP contribution in [0.15, 0.2) is 59.7 Å². The minimum atomic E-state index is 0.0346. The number of hydrogen-bond acceptors (Lipinski definition) is 3. The molecule has 0 aliphatic rings. The molecule has 0 aliphatic heterocycles. The van der Waals surface area contributed by atoms with Gasteiger partial charge in [0.1, 0.15) is 0 Å². The highest BCUT2D eigenvalue weighted by Gasteiger charge is 2.03. The van der Waals surface area contributed by atoms with Gasteiger partial charge in [-0.25, -0.2) is 0 Å². The van der Waals surface area contributed by atoms with E-state index in [9.17, 15) is 4.79 Å². The summed E-state index contributed by atoms with van der Waals surface area (Å²) in [7, 11) is 0. The number of nitrogen functional groups attached to an aromatic ring is 1. The lowest BCUT2D eigenvalue weighted by molar-refractivity contribution is 0.799. The lowest BCUT2D eigenvalue weighted by atomic mass is 10.2. The molecule has 2 aromatic heterocycles. The van der Waals surface area contributed by atoms with Crippen LogP contribution in [-0.4, -0.2) is 9.55 Å². The quantitative estimate of drug-likeness (QED) is 0.758. The first kappa shape index (κ1) is 11.5. The van der Waals surface area contributed by atoms with Gasteiger partial charge in [0.2, 0.25) is 0 Å². The van der Waals surface area contributed by atoms with Gasteiger partial charge in [0.15, 0.2) is 5.43 Å². The maximum Gasteiger partial charge on any atom is 0.189 e. The third kappa shape index (κ3) is 2.20. The third-order valence-corrected chi connectivity index (χ3v) is 3.06. The molecule has 0 unspecified atom stereocenters. The fourth-order valence-corrected chi connectivity index (χ4v) is 2.16. The van der Waals surface area contributed by atoms with Crippen LogP contribution in [0.1, 0.15) is 5.69 Å². The van der Waals surface area contributed by atoms with Crippen LogP contribution in [0.4, 0.5) is 5.69 Å². The Bertz CT molecular complexity index is 792. The molecular formula is C15H13N3O. The molecule has 0 amide bonds. The van der Waals surface area contributed by atoms with Crippen molar-refractivity contribution in [1.29, 1.82) is 0 Å². The number of pyridine rings is 2. The second-order valence-corrected chi connectivity index (χ2v) is 4.41. The molecule has 4 nitrogen and oxygen atoms in total. The van der Waals surface area contributed by atoms with Gasteiger partial charge in [0.25, 0.3) is 0 Å². The largest absolute Gasteiger partial charge is 0.399 e. The van der Waals surface area contributed by atoms with Crippen molar-refractivity contribution in [2.75, 3.05) is 5.73 Å². The molecule has 0 saturated carbocycles. The predicted octanol–water partition coefficient (Wildman–Crippen LogP) is 2.03. The first-order valence-corrected chi connectivity index (χ1v) is 6.02. The van der Waals surface area contributed by atoms with Crippen molar-refractivity contribution in [3.05, 3.63) is 70.8 Å². The molecule has 94 valence electrons. The van der Waals surface area contributed by atoms with E-state index in [1.165, 1.54) is 0 Å². The molecule has 3 rings (SSSR count). The number of rotatable bonds is 2. The molecule has 19 heavy (non-hydrogen) atoms. The van der Waals surface area contributed by atoms with Crippen LogP contribution in [0.25, 0.3) is 10.9 Å². The molecular weight excluding hydrogens is 238 g/mol. The van der Waals surface area contributed by atoms with Crippen molar-refractivity contribution in [2.24, 2.45) is 0 Å². The number of anilines is 1. The second-order valence-electron chi connectivity index (χ2n) is 4.41. The molecule has 3 aromatic rings. The van der Waals surface area contributed by atoms with Gasteiger partial charge in [0.05, 0.1) is 17.8 Å². The minimum absolute atomic E-state index is 0.0346. The van der Waals surface area contributed by atoms with Crippen LogP contribution >= 0.6 is 0 Å². The zero-order valence-electron chi connectivity index (χ0n) is 10.3. The Hall–Kier alpha value is -2.62. The minimum Gasteiger partial charge on any atom is -0.399 e. The van der Waals surface area contributed by atoms with Gasteiger partial charge >= 0.3 is 0 Å². The molecule has 2 heterocycles. The Labute approximate surface area is 110 Å². The summed E-state index contributed by atoms with van der Waals surface area (Å²) in [6.45, 7) is 0.589. The summed E-state index contributed by atoms with van der Waals surface area (Å²) in [6.07, 6.45) is 3.48. The average Bonchev–Trinajstić information content (AvgIpc) is 2.42. The summed E-state index contributed by atoms with van der Waals surface area (Å²) in [4.78, 5) is 16.1. The molecule has 1 aromatic carbocycles. The second kappa shape index (κ2) is 4.57. The summed E-state index contributed by atoms with van der Waals surface area (Å²) in [5, 5.41) is 0.717. The number of nitrogens with zero attached hydrogens (tertiary/aromatic N) is 2. The van der Waals surface area contributed by atoms with Crippen molar-refractivity contribution in [2.45, 2.75) is 6.54 Å². The normalized spacial score (nSPS) is 10.7. The van der Waals surface area contributed by atoms with Gasteiger partial charge in [-0.2, -0.15) is 0 Å². The van der Waals surface area contributed by atoms with E-state index in [2.05, 4.69) is 4.98 Å². The van der Waals surface area contributed by atoms with Crippen LogP contribution in [0, 0.1) is 0 Å². The van der Waals surface area contributed by atoms with Crippen molar-refractivity contribution in [3.63, 3.8) is 0 Å². The SMILES string of the molecule is Nc1ccnc(Cn2ccc(=O)c3ccccc32)c1. The predicted molar refractivity (Wildman–Crippen MR) is 76.0 cm³/mol. The van der Waals surface area contributed by atoms with Crippen molar-refractivity contribution in [3.8, 4) is 0 Å². The molecule has 0 atom stereocenters. The highest BCUT2D eigenvalue weighted by molar-refractivity contribution is 5.78. The maximum atomic E-state index is 11.8. The van der Waals surface area contributed by atoms with Gasteiger partial charge in [-0.1, -0.05) is 12.1 Å². The van der Waals surface area contributed by atoms with Gasteiger partial charge in [-0.3, -0.25) is 9.78 Å². The highest BCUT2D eigenvalue weighted by Crippen LogP contribution is 2.12. The Kier molecular flexibility index (Phi) is 2.76. The lowest BCUT2D eigenvalue weighted by Gasteiger charge is -2.10. The third-order valence-electron chi connectivity index (χ3n) is 3.06. The Balaban J connectivity index is 2.11. The van der Waals surface area contributed by atoms with Gasteiger partial charge < -0.3 is 10.3 Å². The van der Waals surface area contributed by atoms with E-state index in [0.717, 1.165) is 11.2 Å². The molecule has 0 spiro atoms. The van der Waals surface area contributed by atoms with E-state index in [-0.39, 0.29) is 5.43 Å². The van der Waals surface area contributed by atoms with Gasteiger partial charge in [0, 0.05) is 29.5 Å². The van der Waals surface area contributed by atoms with E-state index in [1.54, 1.807) is 24.5 Å². The number of fused-ring (bicyclic) bond motifs is 1. The molecule has 2 N–H and O–H groups in total. The molecule has 0 saturated heterocycles. The first-order chi connectivity index (χ1) is 9.24. The van der Waals surface area contributed by atoms with Crippen LogP contribution in [-0.2, 0) is 6.54 Å².